The summed E-state index contributed by atoms with van der Waals surface area (Å²) in [5, 5.41) is 45.3. The molecule has 0 saturated heterocycles. The molecule has 2 amide bonds. The van der Waals surface area contributed by atoms with Crippen molar-refractivity contribution in [2.75, 3.05) is 65.9 Å². The van der Waals surface area contributed by atoms with E-state index in [1.54, 1.807) is 0 Å². The Hall–Kier alpha value is -10.1. The normalized spacial score (nSPS) is 11.4. The summed E-state index contributed by atoms with van der Waals surface area (Å²) in [6.45, 7) is -1.58. The standard InChI is InChI=1S/C50H58N8O20.C2HF3O2/c51-47(52)55-35-9-5-33(6-10-35)45(67)77-37-13-1-31(2-14-37)29-75-49(69)57(39(43(63)64)27-41(59)60)17-19-71-21-23-73-25-26-74-24-22-72-20-18-58(40(44(65)66)28-42(61)62)50(70)76-30-32-3-15-38(16-4-32)78-46(68)34-7-11-36(12-8-34)56-48(53)54;3-2(4,5)1(6)7/h1-16,39-40H,17-30H2,(H,59,60)(H,61,62)(H,63,64)(H,65,66)(H4,51,52,55)(H4,53,54,56);(H,6,7). The van der Waals surface area contributed by atoms with Crippen molar-refractivity contribution in [3.8, 4) is 11.5 Å². The van der Waals surface area contributed by atoms with E-state index in [1.807, 2.05) is 0 Å². The van der Waals surface area contributed by atoms with E-state index in [0.29, 0.717) is 22.5 Å². The number of carboxylic acids is 5. The highest BCUT2D eigenvalue weighted by Gasteiger charge is 2.38. The van der Waals surface area contributed by atoms with Crippen molar-refractivity contribution >= 4 is 77.3 Å². The summed E-state index contributed by atoms with van der Waals surface area (Å²) in [7, 11) is 0. The van der Waals surface area contributed by atoms with Crippen LogP contribution in [0.5, 0.6) is 11.5 Å². The van der Waals surface area contributed by atoms with E-state index in [0.717, 1.165) is 9.80 Å². The Kier molecular flexibility index (Phi) is 29.0. The summed E-state index contributed by atoms with van der Waals surface area (Å²) < 4.78 is 75.0. The largest absolute Gasteiger partial charge is 0.490 e. The number of esters is 2. The molecule has 4 rings (SSSR count). The zero-order chi connectivity index (χ0) is 63.1. The molecule has 0 aromatic heterocycles. The summed E-state index contributed by atoms with van der Waals surface area (Å²) in [6, 6.07) is 20.2. The van der Waals surface area contributed by atoms with Gasteiger partial charge in [-0.3, -0.25) is 19.4 Å². The maximum Gasteiger partial charge on any atom is 0.490 e. The number of halogens is 3. The molecule has 0 aliphatic carbocycles. The van der Waals surface area contributed by atoms with Gasteiger partial charge in [-0.25, -0.2) is 43.5 Å². The molecule has 0 heterocycles. The molecule has 33 heteroatoms. The van der Waals surface area contributed by atoms with E-state index in [4.69, 9.17) is 70.7 Å². The van der Waals surface area contributed by atoms with E-state index >= 15 is 0 Å². The number of amides is 2. The minimum atomic E-state index is -5.08. The highest BCUT2D eigenvalue weighted by Crippen LogP contribution is 2.21. The van der Waals surface area contributed by atoms with Crippen LogP contribution in [0.15, 0.2) is 107 Å². The fraction of sp³-hybridized carbons (Fsp3) is 0.327. The third kappa shape index (κ3) is 27.0. The molecule has 460 valence electrons. The van der Waals surface area contributed by atoms with Crippen molar-refractivity contribution in [2.45, 2.75) is 44.3 Å². The smallest absolute Gasteiger partial charge is 0.481 e. The molecule has 0 aliphatic rings. The number of guanidine groups is 2. The lowest BCUT2D eigenvalue weighted by Gasteiger charge is -2.27. The molecule has 85 heavy (non-hydrogen) atoms. The number of carbonyl (C=O) groups is 9. The van der Waals surface area contributed by atoms with Crippen molar-refractivity contribution < 1.29 is 120 Å². The molecule has 4 aromatic carbocycles. The van der Waals surface area contributed by atoms with Crippen LogP contribution in [0.3, 0.4) is 0 Å². The van der Waals surface area contributed by atoms with E-state index in [9.17, 15) is 72.0 Å². The number of aliphatic carboxylic acids is 5. The predicted molar refractivity (Wildman–Crippen MR) is 285 cm³/mol. The zero-order valence-corrected chi connectivity index (χ0v) is 44.7. The monoisotopic (exact) mass is 1200 g/mol. The molecule has 2 atom stereocenters. The van der Waals surface area contributed by atoms with Gasteiger partial charge in [-0.15, -0.1) is 0 Å². The first-order valence-corrected chi connectivity index (χ1v) is 24.6. The highest BCUT2D eigenvalue weighted by molar-refractivity contribution is 5.92. The number of hydrogen-bond donors (Lipinski definition) is 9. The molecular formula is C52H59F3N8O22. The Labute approximate surface area is 479 Å². The first kappa shape index (κ1) is 69.2. The van der Waals surface area contributed by atoms with Gasteiger partial charge in [0.15, 0.2) is 11.9 Å². The number of benzene rings is 4. The second-order valence-corrected chi connectivity index (χ2v) is 16.9. The fourth-order valence-corrected chi connectivity index (χ4v) is 6.57. The molecule has 0 bridgehead atoms. The van der Waals surface area contributed by atoms with Gasteiger partial charge < -0.3 is 86.4 Å². The lowest BCUT2D eigenvalue weighted by Crippen LogP contribution is -2.48. The number of ether oxygens (including phenoxy) is 8. The van der Waals surface area contributed by atoms with E-state index in [2.05, 4.69) is 9.98 Å². The third-order valence-electron chi connectivity index (χ3n) is 10.6. The van der Waals surface area contributed by atoms with Crippen LogP contribution in [0, 0.1) is 0 Å². The quantitative estimate of drug-likeness (QED) is 0.0109. The SMILES string of the molecule is NC(N)=Nc1ccc(C(=O)Oc2ccc(COC(=O)N(CCOCCOCCOCCOCCN(C(=O)OCc3ccc(OC(=O)c4ccc(N=C(N)N)cc4)cc3)C(CC(=O)O)C(=O)O)C(CC(=O)O)C(=O)O)cc2)cc1.O=C(O)C(F)(F)F. The second-order valence-electron chi connectivity index (χ2n) is 16.9. The van der Waals surface area contributed by atoms with Gasteiger partial charge in [0.05, 0.1) is 88.2 Å². The molecule has 0 radical (unpaired) electrons. The van der Waals surface area contributed by atoms with Crippen LogP contribution in [0.2, 0.25) is 0 Å². The Morgan fingerprint density at radius 2 is 0.753 bits per heavy atom. The summed E-state index contributed by atoms with van der Waals surface area (Å²) >= 11 is 0. The first-order valence-electron chi connectivity index (χ1n) is 24.6. The summed E-state index contributed by atoms with van der Waals surface area (Å²) in [5.74, 6) is -10.2. The Morgan fingerprint density at radius 1 is 0.459 bits per heavy atom. The Morgan fingerprint density at radius 3 is 1.01 bits per heavy atom. The van der Waals surface area contributed by atoms with E-state index in [-0.39, 0.29) is 114 Å². The number of nitrogens with zero attached hydrogens (tertiary/aromatic N) is 4. The van der Waals surface area contributed by atoms with Gasteiger partial charge in [-0.2, -0.15) is 13.2 Å². The maximum atomic E-state index is 13.1. The topological polar surface area (TPSA) is 464 Å². The number of hydrogen-bond acceptors (Lipinski definition) is 19. The van der Waals surface area contributed by atoms with Crippen molar-refractivity contribution in [2.24, 2.45) is 32.9 Å². The third-order valence-corrected chi connectivity index (χ3v) is 10.6. The van der Waals surface area contributed by atoms with Crippen LogP contribution in [0.25, 0.3) is 0 Å². The number of nitrogens with two attached hydrogens (primary N) is 4. The molecule has 2 unspecified atom stereocenters. The van der Waals surface area contributed by atoms with Gasteiger partial charge in [0, 0.05) is 13.1 Å². The molecule has 4 aromatic rings. The number of rotatable bonds is 33. The lowest BCUT2D eigenvalue weighted by molar-refractivity contribution is -0.192. The predicted octanol–water partition coefficient (Wildman–Crippen LogP) is 3.07. The summed E-state index contributed by atoms with van der Waals surface area (Å²) in [6.07, 6.45) is -9.19. The molecule has 30 nitrogen and oxygen atoms in total. The number of carboxylic acid groups (broad SMARTS) is 5. The van der Waals surface area contributed by atoms with Crippen LogP contribution in [0.4, 0.5) is 34.1 Å². The number of carbonyl (C=O) groups excluding carboxylic acids is 4. The maximum absolute atomic E-state index is 13.1. The van der Waals surface area contributed by atoms with Gasteiger partial charge in [-0.05, 0) is 83.9 Å². The first-order chi connectivity index (χ1) is 40.2. The summed E-state index contributed by atoms with van der Waals surface area (Å²) in [4.78, 5) is 116. The fourth-order valence-electron chi connectivity index (χ4n) is 6.57. The number of aliphatic imine (C=N–C) groups is 2. The molecule has 0 aliphatic heterocycles. The average Bonchev–Trinajstić information content (AvgIpc) is 3.66. The van der Waals surface area contributed by atoms with Crippen LogP contribution in [-0.2, 0) is 65.6 Å². The molecule has 13 N–H and O–H groups in total. The zero-order valence-electron chi connectivity index (χ0n) is 44.7. The average molecular weight is 1210 g/mol. The van der Waals surface area contributed by atoms with Gasteiger partial charge in [0.2, 0.25) is 0 Å². The second kappa shape index (κ2) is 35.7. The molecule has 0 spiro atoms. The summed E-state index contributed by atoms with van der Waals surface area (Å²) in [5.41, 5.74) is 23.6. The lowest BCUT2D eigenvalue weighted by atomic mass is 10.2. The van der Waals surface area contributed by atoms with Crippen molar-refractivity contribution in [1.29, 1.82) is 0 Å². The number of alkyl halides is 3. The van der Waals surface area contributed by atoms with Crippen LogP contribution in [-0.4, -0.2) is 185 Å². The van der Waals surface area contributed by atoms with Crippen molar-refractivity contribution in [1.82, 2.24) is 9.80 Å². The minimum absolute atomic E-state index is 0.00868. The van der Waals surface area contributed by atoms with Crippen molar-refractivity contribution in [3.05, 3.63) is 119 Å². The Balaban J connectivity index is 0.00000253. The molecular weight excluding hydrogens is 1150 g/mol. The minimum Gasteiger partial charge on any atom is -0.481 e. The highest BCUT2D eigenvalue weighted by atomic mass is 19.4. The van der Waals surface area contributed by atoms with Gasteiger partial charge >= 0.3 is 60.1 Å². The van der Waals surface area contributed by atoms with E-state index < -0.39 is 85.1 Å². The molecule has 0 fully saturated rings. The van der Waals surface area contributed by atoms with Gasteiger partial charge in [-0.1, -0.05) is 24.3 Å². The van der Waals surface area contributed by atoms with Crippen LogP contribution >= 0.6 is 0 Å². The van der Waals surface area contributed by atoms with Gasteiger partial charge in [0.25, 0.3) is 0 Å². The van der Waals surface area contributed by atoms with Crippen LogP contribution < -0.4 is 32.4 Å². The molecule has 0 saturated carbocycles. The van der Waals surface area contributed by atoms with Gasteiger partial charge in [0.1, 0.15) is 36.8 Å². The van der Waals surface area contributed by atoms with E-state index in [1.165, 1.54) is 97.1 Å². The van der Waals surface area contributed by atoms with Crippen molar-refractivity contribution in [3.63, 3.8) is 0 Å². The van der Waals surface area contributed by atoms with Crippen LogP contribution in [0.1, 0.15) is 44.7 Å². The Bertz CT molecular complexity index is 2740.